The van der Waals surface area contributed by atoms with Crippen LogP contribution in [0.25, 0.3) is 11.3 Å². The van der Waals surface area contributed by atoms with Crippen LogP contribution in [-0.4, -0.2) is 21.0 Å². The Morgan fingerprint density at radius 3 is 2.59 bits per heavy atom. The molecule has 0 spiro atoms. The van der Waals surface area contributed by atoms with Crippen molar-refractivity contribution in [1.29, 1.82) is 0 Å². The number of nitrogens with zero attached hydrogens (tertiary/aromatic N) is 2. The van der Waals surface area contributed by atoms with Gasteiger partial charge in [0.15, 0.2) is 5.78 Å². The SMILES string of the molecule is CC(=O)c1c(-c2ccncc2)n[nH]c(=O)c1N. The van der Waals surface area contributed by atoms with Crippen molar-refractivity contribution < 1.29 is 4.79 Å². The highest BCUT2D eigenvalue weighted by Crippen LogP contribution is 2.22. The third-order valence-electron chi connectivity index (χ3n) is 2.33. The minimum Gasteiger partial charge on any atom is -0.394 e. The second kappa shape index (κ2) is 4.17. The molecule has 2 heterocycles. The van der Waals surface area contributed by atoms with Gasteiger partial charge in [-0.3, -0.25) is 14.6 Å². The normalized spacial score (nSPS) is 10.2. The van der Waals surface area contributed by atoms with Gasteiger partial charge in [-0.05, 0) is 19.1 Å². The average Bonchev–Trinajstić information content (AvgIpc) is 2.33. The number of hydrogen-bond acceptors (Lipinski definition) is 5. The summed E-state index contributed by atoms with van der Waals surface area (Å²) in [5.41, 5.74) is 6.10. The van der Waals surface area contributed by atoms with Crippen molar-refractivity contribution in [3.05, 3.63) is 40.4 Å². The number of nitrogens with two attached hydrogens (primary N) is 1. The summed E-state index contributed by atoms with van der Waals surface area (Å²) >= 11 is 0. The lowest BCUT2D eigenvalue weighted by Gasteiger charge is -2.07. The van der Waals surface area contributed by atoms with Crippen LogP contribution in [0.5, 0.6) is 0 Å². The van der Waals surface area contributed by atoms with Gasteiger partial charge in [0.2, 0.25) is 0 Å². The molecule has 6 nitrogen and oxygen atoms in total. The zero-order valence-corrected chi connectivity index (χ0v) is 9.10. The van der Waals surface area contributed by atoms with Crippen molar-refractivity contribution in [1.82, 2.24) is 15.2 Å². The number of aromatic amines is 1. The third kappa shape index (κ3) is 1.92. The fourth-order valence-corrected chi connectivity index (χ4v) is 1.54. The maximum atomic E-state index is 11.5. The Kier molecular flexibility index (Phi) is 2.70. The topological polar surface area (TPSA) is 102 Å². The molecule has 0 atom stereocenters. The number of anilines is 1. The van der Waals surface area contributed by atoms with E-state index in [-0.39, 0.29) is 17.0 Å². The number of carbonyl (C=O) groups excluding carboxylic acids is 1. The highest BCUT2D eigenvalue weighted by molar-refractivity contribution is 6.04. The Bertz CT molecular complexity index is 619. The summed E-state index contributed by atoms with van der Waals surface area (Å²) in [5.74, 6) is -0.298. The quantitative estimate of drug-likeness (QED) is 0.736. The Morgan fingerprint density at radius 2 is 2.00 bits per heavy atom. The molecule has 0 aliphatic carbocycles. The standard InChI is InChI=1S/C11H10N4O2/c1-6(16)8-9(12)11(17)15-14-10(8)7-2-4-13-5-3-7/h2-5H,1H3,(H2,12,14)(H,15,17). The van der Waals surface area contributed by atoms with Crippen LogP contribution in [0.1, 0.15) is 17.3 Å². The van der Waals surface area contributed by atoms with E-state index in [2.05, 4.69) is 15.2 Å². The van der Waals surface area contributed by atoms with E-state index in [1.54, 1.807) is 24.5 Å². The molecule has 0 saturated heterocycles. The zero-order valence-electron chi connectivity index (χ0n) is 9.10. The molecule has 2 rings (SSSR count). The van der Waals surface area contributed by atoms with Gasteiger partial charge in [-0.15, -0.1) is 0 Å². The van der Waals surface area contributed by atoms with Crippen molar-refractivity contribution in [2.45, 2.75) is 6.92 Å². The molecule has 0 bridgehead atoms. The molecule has 17 heavy (non-hydrogen) atoms. The fourth-order valence-electron chi connectivity index (χ4n) is 1.54. The summed E-state index contributed by atoms with van der Waals surface area (Å²) in [6, 6.07) is 3.37. The number of aromatic nitrogens is 3. The van der Waals surface area contributed by atoms with E-state index >= 15 is 0 Å². The lowest BCUT2D eigenvalue weighted by atomic mass is 10.0. The number of hydrogen-bond donors (Lipinski definition) is 2. The van der Waals surface area contributed by atoms with Crippen LogP contribution >= 0.6 is 0 Å². The lowest BCUT2D eigenvalue weighted by Crippen LogP contribution is -2.19. The van der Waals surface area contributed by atoms with Crippen LogP contribution < -0.4 is 11.3 Å². The van der Waals surface area contributed by atoms with Crippen molar-refractivity contribution >= 4 is 11.5 Å². The van der Waals surface area contributed by atoms with Crippen LogP contribution in [0, 0.1) is 0 Å². The summed E-state index contributed by atoms with van der Waals surface area (Å²) in [6.45, 7) is 1.34. The van der Waals surface area contributed by atoms with Gasteiger partial charge in [-0.25, -0.2) is 5.10 Å². The monoisotopic (exact) mass is 230 g/mol. The highest BCUT2D eigenvalue weighted by Gasteiger charge is 2.16. The Hall–Kier alpha value is -2.50. The van der Waals surface area contributed by atoms with E-state index < -0.39 is 5.56 Å². The smallest absolute Gasteiger partial charge is 0.288 e. The second-order valence-electron chi connectivity index (χ2n) is 3.48. The van der Waals surface area contributed by atoms with Crippen molar-refractivity contribution in [2.75, 3.05) is 5.73 Å². The predicted octanol–water partition coefficient (Wildman–Crippen LogP) is 0.617. The van der Waals surface area contributed by atoms with Crippen molar-refractivity contribution in [2.24, 2.45) is 0 Å². The summed E-state index contributed by atoms with van der Waals surface area (Å²) in [4.78, 5) is 26.7. The largest absolute Gasteiger partial charge is 0.394 e. The Morgan fingerprint density at radius 1 is 1.35 bits per heavy atom. The minimum atomic E-state index is -0.562. The highest BCUT2D eigenvalue weighted by atomic mass is 16.1. The third-order valence-corrected chi connectivity index (χ3v) is 2.33. The molecule has 6 heteroatoms. The van der Waals surface area contributed by atoms with Crippen molar-refractivity contribution in [3.8, 4) is 11.3 Å². The van der Waals surface area contributed by atoms with E-state index in [1.807, 2.05) is 0 Å². The molecule has 0 saturated carbocycles. The first kappa shape index (κ1) is 11.0. The molecule has 3 N–H and O–H groups in total. The Balaban J connectivity index is 2.75. The fraction of sp³-hybridized carbons (Fsp3) is 0.0909. The average molecular weight is 230 g/mol. The Labute approximate surface area is 96.5 Å². The second-order valence-corrected chi connectivity index (χ2v) is 3.48. The number of carbonyl (C=O) groups is 1. The maximum absolute atomic E-state index is 11.5. The van der Waals surface area contributed by atoms with Gasteiger partial charge in [0.05, 0.1) is 5.56 Å². The van der Waals surface area contributed by atoms with Gasteiger partial charge in [0, 0.05) is 18.0 Å². The molecule has 0 radical (unpaired) electrons. The first-order valence-corrected chi connectivity index (χ1v) is 4.90. The van der Waals surface area contributed by atoms with E-state index in [1.165, 1.54) is 6.92 Å². The summed E-state index contributed by atoms with van der Waals surface area (Å²) in [6.07, 6.45) is 3.14. The first-order valence-electron chi connectivity index (χ1n) is 4.90. The van der Waals surface area contributed by atoms with E-state index in [9.17, 15) is 9.59 Å². The van der Waals surface area contributed by atoms with Crippen LogP contribution in [0.15, 0.2) is 29.3 Å². The van der Waals surface area contributed by atoms with Gasteiger partial charge in [-0.2, -0.15) is 5.10 Å². The molecule has 2 aromatic heterocycles. The molecule has 2 aromatic rings. The number of nitrogen functional groups attached to an aromatic ring is 1. The molecular formula is C11H10N4O2. The van der Waals surface area contributed by atoms with Crippen LogP contribution in [0.3, 0.4) is 0 Å². The van der Waals surface area contributed by atoms with E-state index in [0.717, 1.165) is 0 Å². The number of ketones is 1. The number of Topliss-reactive ketones (excluding diaryl/α,β-unsaturated/α-hetero) is 1. The molecule has 0 aliphatic heterocycles. The van der Waals surface area contributed by atoms with Gasteiger partial charge < -0.3 is 5.73 Å². The minimum absolute atomic E-state index is 0.112. The van der Waals surface area contributed by atoms with Gasteiger partial charge in [0.25, 0.3) is 5.56 Å². The number of rotatable bonds is 2. The van der Waals surface area contributed by atoms with Gasteiger partial charge in [0.1, 0.15) is 11.4 Å². The number of H-pyrrole nitrogens is 1. The molecule has 0 aromatic carbocycles. The number of nitrogens with one attached hydrogen (secondary N) is 1. The van der Waals surface area contributed by atoms with Crippen molar-refractivity contribution in [3.63, 3.8) is 0 Å². The summed E-state index contributed by atoms with van der Waals surface area (Å²) in [7, 11) is 0. The van der Waals surface area contributed by atoms with Crippen LogP contribution in [0.4, 0.5) is 5.69 Å². The van der Waals surface area contributed by atoms with E-state index in [4.69, 9.17) is 5.73 Å². The van der Waals surface area contributed by atoms with E-state index in [0.29, 0.717) is 11.3 Å². The molecule has 86 valence electrons. The molecule has 0 unspecified atom stereocenters. The maximum Gasteiger partial charge on any atom is 0.288 e. The van der Waals surface area contributed by atoms with Crippen LogP contribution in [-0.2, 0) is 0 Å². The first-order chi connectivity index (χ1) is 8.11. The molecular weight excluding hydrogens is 220 g/mol. The lowest BCUT2D eigenvalue weighted by molar-refractivity contribution is 0.101. The van der Waals surface area contributed by atoms with Gasteiger partial charge in [-0.1, -0.05) is 0 Å². The summed E-state index contributed by atoms with van der Waals surface area (Å²) < 4.78 is 0. The molecule has 0 fully saturated rings. The summed E-state index contributed by atoms with van der Waals surface area (Å²) in [5, 5.41) is 6.12. The molecule has 0 aliphatic rings. The van der Waals surface area contributed by atoms with Crippen LogP contribution in [0.2, 0.25) is 0 Å². The number of pyridine rings is 1. The zero-order chi connectivity index (χ0) is 12.4. The molecule has 0 amide bonds. The van der Waals surface area contributed by atoms with Gasteiger partial charge >= 0.3 is 0 Å². The predicted molar refractivity (Wildman–Crippen MR) is 62.5 cm³/mol.